The zero-order valence-electron chi connectivity index (χ0n) is 9.23. The Morgan fingerprint density at radius 3 is 2.27 bits per heavy atom. The number of nitrogens with zero attached hydrogens (tertiary/aromatic N) is 3. The lowest BCUT2D eigenvalue weighted by Crippen LogP contribution is -2.31. The first kappa shape index (κ1) is 9.83. The van der Waals surface area contributed by atoms with Gasteiger partial charge in [-0.1, -0.05) is 38.1 Å². The second kappa shape index (κ2) is 3.46. The third-order valence-corrected chi connectivity index (χ3v) is 2.39. The first-order valence-electron chi connectivity index (χ1n) is 4.96. The number of H-pyrrole nitrogens is 1. The summed E-state index contributed by atoms with van der Waals surface area (Å²) in [6, 6.07) is 8.37. The molecule has 0 radical (unpaired) electrons. The van der Waals surface area contributed by atoms with Gasteiger partial charge in [0, 0.05) is 0 Å². The van der Waals surface area contributed by atoms with Crippen LogP contribution in [0, 0.1) is 0 Å². The molecular formula is C11H15N4+. The summed E-state index contributed by atoms with van der Waals surface area (Å²) in [4.78, 5) is 0. The SMILES string of the molecule is CC(C)(C)c1ccc(-[n+]2cnn[nH]2)cc1. The van der Waals surface area contributed by atoms with Crippen LogP contribution in [-0.2, 0) is 5.41 Å². The lowest BCUT2D eigenvalue weighted by molar-refractivity contribution is -0.660. The molecule has 0 spiro atoms. The van der Waals surface area contributed by atoms with Gasteiger partial charge < -0.3 is 0 Å². The normalized spacial score (nSPS) is 11.7. The summed E-state index contributed by atoms with van der Waals surface area (Å²) >= 11 is 0. The van der Waals surface area contributed by atoms with Crippen molar-refractivity contribution in [1.29, 1.82) is 0 Å². The van der Waals surface area contributed by atoms with Crippen LogP contribution in [0.25, 0.3) is 5.69 Å². The maximum Gasteiger partial charge on any atom is 0.293 e. The van der Waals surface area contributed by atoms with Gasteiger partial charge in [-0.05, 0) is 23.1 Å². The Balaban J connectivity index is 2.33. The van der Waals surface area contributed by atoms with Crippen molar-refractivity contribution in [3.05, 3.63) is 36.2 Å². The van der Waals surface area contributed by atoms with Gasteiger partial charge in [0.25, 0.3) is 6.33 Å². The second-order valence-corrected chi connectivity index (χ2v) is 4.60. The van der Waals surface area contributed by atoms with Gasteiger partial charge in [0.1, 0.15) is 10.8 Å². The van der Waals surface area contributed by atoms with Gasteiger partial charge in [0.2, 0.25) is 0 Å². The van der Waals surface area contributed by atoms with Gasteiger partial charge in [-0.2, -0.15) is 0 Å². The highest BCUT2D eigenvalue weighted by molar-refractivity contribution is 5.30. The molecule has 2 aromatic rings. The van der Waals surface area contributed by atoms with E-state index in [0.717, 1.165) is 5.69 Å². The Hall–Kier alpha value is -1.71. The summed E-state index contributed by atoms with van der Waals surface area (Å²) in [6.45, 7) is 6.60. The summed E-state index contributed by atoms with van der Waals surface area (Å²) in [5.41, 5.74) is 2.54. The van der Waals surface area contributed by atoms with E-state index in [-0.39, 0.29) is 5.41 Å². The van der Waals surface area contributed by atoms with E-state index in [1.165, 1.54) is 5.56 Å². The van der Waals surface area contributed by atoms with Crippen LogP contribution >= 0.6 is 0 Å². The highest BCUT2D eigenvalue weighted by Gasteiger charge is 2.13. The van der Waals surface area contributed by atoms with E-state index in [1.807, 2.05) is 0 Å². The molecule has 0 atom stereocenters. The molecule has 78 valence electrons. The van der Waals surface area contributed by atoms with E-state index in [4.69, 9.17) is 0 Å². The van der Waals surface area contributed by atoms with Crippen molar-refractivity contribution in [2.75, 3.05) is 0 Å². The van der Waals surface area contributed by atoms with Gasteiger partial charge in [-0.3, -0.25) is 0 Å². The first-order chi connectivity index (χ1) is 7.07. The van der Waals surface area contributed by atoms with Crippen LogP contribution in [0.2, 0.25) is 0 Å². The Kier molecular flexibility index (Phi) is 2.26. The number of hydrogen-bond donors (Lipinski definition) is 1. The molecule has 4 nitrogen and oxygen atoms in total. The van der Waals surface area contributed by atoms with E-state index in [1.54, 1.807) is 11.0 Å². The van der Waals surface area contributed by atoms with Crippen molar-refractivity contribution < 1.29 is 4.68 Å². The fourth-order valence-corrected chi connectivity index (χ4v) is 1.42. The van der Waals surface area contributed by atoms with E-state index >= 15 is 0 Å². The summed E-state index contributed by atoms with van der Waals surface area (Å²) < 4.78 is 1.77. The Labute approximate surface area is 88.9 Å². The largest absolute Gasteiger partial charge is 0.293 e. The fraction of sp³-hybridized carbons (Fsp3) is 0.364. The van der Waals surface area contributed by atoms with Gasteiger partial charge in [-0.15, -0.1) is 4.68 Å². The Morgan fingerprint density at radius 2 is 1.80 bits per heavy atom. The van der Waals surface area contributed by atoms with E-state index < -0.39 is 0 Å². The monoisotopic (exact) mass is 203 g/mol. The van der Waals surface area contributed by atoms with E-state index in [2.05, 4.69) is 60.6 Å². The van der Waals surface area contributed by atoms with Crippen LogP contribution in [0.3, 0.4) is 0 Å². The predicted octanol–water partition coefficient (Wildman–Crippen LogP) is 1.38. The number of nitrogens with one attached hydrogen (secondary N) is 1. The third-order valence-electron chi connectivity index (χ3n) is 2.39. The zero-order chi connectivity index (χ0) is 10.9. The molecule has 0 saturated heterocycles. The molecule has 1 aromatic carbocycles. The van der Waals surface area contributed by atoms with Crippen molar-refractivity contribution in [2.45, 2.75) is 26.2 Å². The van der Waals surface area contributed by atoms with Crippen molar-refractivity contribution >= 4 is 0 Å². The number of benzene rings is 1. The number of aromatic nitrogens is 4. The molecule has 1 N–H and O–H groups in total. The molecular weight excluding hydrogens is 188 g/mol. The highest BCUT2D eigenvalue weighted by Crippen LogP contribution is 2.21. The number of tetrazole rings is 1. The molecule has 0 aliphatic heterocycles. The molecule has 2 rings (SSSR count). The third kappa shape index (κ3) is 2.03. The number of hydrogen-bond acceptors (Lipinski definition) is 2. The first-order valence-corrected chi connectivity index (χ1v) is 4.96. The molecule has 15 heavy (non-hydrogen) atoms. The minimum atomic E-state index is 0.190. The molecule has 0 aliphatic rings. The molecule has 0 fully saturated rings. The van der Waals surface area contributed by atoms with Crippen LogP contribution in [0.5, 0.6) is 0 Å². The summed E-state index contributed by atoms with van der Waals surface area (Å²) in [7, 11) is 0. The lowest BCUT2D eigenvalue weighted by Gasteiger charge is -2.18. The Bertz CT molecular complexity index is 423. The van der Waals surface area contributed by atoms with Crippen LogP contribution < -0.4 is 4.68 Å². The maximum absolute atomic E-state index is 3.73. The molecule has 0 aliphatic carbocycles. The minimum Gasteiger partial charge on any atom is -0.130 e. The number of rotatable bonds is 1. The summed E-state index contributed by atoms with van der Waals surface area (Å²) in [6.07, 6.45) is 1.64. The molecule has 0 bridgehead atoms. The fourth-order valence-electron chi connectivity index (χ4n) is 1.42. The second-order valence-electron chi connectivity index (χ2n) is 4.60. The van der Waals surface area contributed by atoms with Crippen molar-refractivity contribution in [3.63, 3.8) is 0 Å². The standard InChI is InChI=1S/C11H14N4/c1-11(2,3)9-4-6-10(7-5-9)15-8-12-13-14-15/h4-8H,1-3H3/p+1. The molecule has 0 unspecified atom stereocenters. The highest BCUT2D eigenvalue weighted by atomic mass is 15.5. The molecule has 0 saturated carbocycles. The average Bonchev–Trinajstić information content (AvgIpc) is 2.69. The smallest absolute Gasteiger partial charge is 0.130 e. The summed E-state index contributed by atoms with van der Waals surface area (Å²) in [5.74, 6) is 0. The lowest BCUT2D eigenvalue weighted by atomic mass is 9.87. The summed E-state index contributed by atoms with van der Waals surface area (Å²) in [5, 5.41) is 10.2. The molecule has 1 heterocycles. The molecule has 1 aromatic heterocycles. The van der Waals surface area contributed by atoms with Gasteiger partial charge >= 0.3 is 0 Å². The van der Waals surface area contributed by atoms with Crippen molar-refractivity contribution in [2.24, 2.45) is 0 Å². The van der Waals surface area contributed by atoms with Crippen LogP contribution in [-0.4, -0.2) is 15.5 Å². The zero-order valence-corrected chi connectivity index (χ0v) is 9.23. The molecule has 0 amide bonds. The van der Waals surface area contributed by atoms with E-state index in [9.17, 15) is 0 Å². The molecule has 4 heteroatoms. The van der Waals surface area contributed by atoms with Crippen molar-refractivity contribution in [1.82, 2.24) is 15.5 Å². The van der Waals surface area contributed by atoms with Crippen molar-refractivity contribution in [3.8, 4) is 5.69 Å². The van der Waals surface area contributed by atoms with Crippen LogP contribution in [0.1, 0.15) is 26.3 Å². The predicted molar refractivity (Wildman–Crippen MR) is 56.6 cm³/mol. The van der Waals surface area contributed by atoms with E-state index in [0.29, 0.717) is 0 Å². The average molecular weight is 203 g/mol. The van der Waals surface area contributed by atoms with Gasteiger partial charge in [0.05, 0.1) is 0 Å². The maximum atomic E-state index is 3.73. The topological polar surface area (TPSA) is 45.5 Å². The Morgan fingerprint density at radius 1 is 1.13 bits per heavy atom. The van der Waals surface area contributed by atoms with Crippen LogP contribution in [0.15, 0.2) is 30.6 Å². The minimum absolute atomic E-state index is 0.190. The van der Waals surface area contributed by atoms with Gasteiger partial charge in [0.15, 0.2) is 5.21 Å². The quantitative estimate of drug-likeness (QED) is 0.712. The van der Waals surface area contributed by atoms with Gasteiger partial charge in [-0.25, -0.2) is 0 Å². The number of aromatic amines is 1. The van der Waals surface area contributed by atoms with Crippen LogP contribution in [0.4, 0.5) is 0 Å².